The van der Waals surface area contributed by atoms with Gasteiger partial charge in [-0.1, -0.05) is 54.2 Å². The molecule has 1 heterocycles. The minimum Gasteiger partial charge on any atom is -0.391 e. The number of carbonyl (C=O) groups is 1. The van der Waals surface area contributed by atoms with Crippen LogP contribution in [0.25, 0.3) is 11.0 Å². The first-order valence-corrected chi connectivity index (χ1v) is 8.75. The van der Waals surface area contributed by atoms with Gasteiger partial charge >= 0.3 is 0 Å². The van der Waals surface area contributed by atoms with Crippen molar-refractivity contribution in [3.63, 3.8) is 0 Å². The molecule has 0 spiro atoms. The van der Waals surface area contributed by atoms with Crippen molar-refractivity contribution in [2.24, 2.45) is 0 Å². The van der Waals surface area contributed by atoms with E-state index < -0.39 is 6.10 Å². The molecule has 0 aliphatic heterocycles. The van der Waals surface area contributed by atoms with Gasteiger partial charge in [0.25, 0.3) is 0 Å². The SMILES string of the molecule is O=C(CSc1nc2ccccc2[nH]1)NCC(O)Cc1ccccc1. The molecule has 0 aliphatic rings. The second-order valence-corrected chi connectivity index (χ2v) is 6.46. The van der Waals surface area contributed by atoms with E-state index in [-0.39, 0.29) is 18.2 Å². The van der Waals surface area contributed by atoms with Gasteiger partial charge in [-0.3, -0.25) is 4.79 Å². The van der Waals surface area contributed by atoms with Gasteiger partial charge in [-0.05, 0) is 17.7 Å². The van der Waals surface area contributed by atoms with Crippen molar-refractivity contribution in [2.75, 3.05) is 12.3 Å². The number of rotatable bonds is 7. The average molecular weight is 341 g/mol. The molecular formula is C18H19N3O2S. The van der Waals surface area contributed by atoms with Crippen LogP contribution >= 0.6 is 11.8 Å². The largest absolute Gasteiger partial charge is 0.391 e. The van der Waals surface area contributed by atoms with Gasteiger partial charge in [0.1, 0.15) is 0 Å². The van der Waals surface area contributed by atoms with Gasteiger partial charge in [0.2, 0.25) is 5.91 Å². The Morgan fingerprint density at radius 3 is 2.71 bits per heavy atom. The van der Waals surface area contributed by atoms with Crippen LogP contribution in [-0.2, 0) is 11.2 Å². The maximum atomic E-state index is 11.9. The number of fused-ring (bicyclic) bond motifs is 1. The maximum Gasteiger partial charge on any atom is 0.230 e. The second-order valence-electron chi connectivity index (χ2n) is 5.50. The van der Waals surface area contributed by atoms with E-state index in [2.05, 4.69) is 15.3 Å². The summed E-state index contributed by atoms with van der Waals surface area (Å²) in [5.74, 6) is 0.144. The number of para-hydroxylation sites is 2. The molecule has 0 fully saturated rings. The minimum atomic E-state index is -0.590. The first-order chi connectivity index (χ1) is 11.7. The second kappa shape index (κ2) is 7.99. The third-order valence-corrected chi connectivity index (χ3v) is 4.43. The number of benzene rings is 2. The van der Waals surface area contributed by atoms with Crippen molar-refractivity contribution in [2.45, 2.75) is 17.7 Å². The lowest BCUT2D eigenvalue weighted by atomic mass is 10.1. The van der Waals surface area contributed by atoms with Crippen LogP contribution in [-0.4, -0.2) is 39.4 Å². The number of hydrogen-bond acceptors (Lipinski definition) is 4. The van der Waals surface area contributed by atoms with Crippen LogP contribution in [0.2, 0.25) is 0 Å². The molecule has 6 heteroatoms. The number of thioether (sulfide) groups is 1. The molecule has 1 atom stereocenters. The number of aliphatic hydroxyl groups is 1. The molecular weight excluding hydrogens is 322 g/mol. The summed E-state index contributed by atoms with van der Waals surface area (Å²) in [6.07, 6.45) is -0.0646. The van der Waals surface area contributed by atoms with Crippen molar-refractivity contribution in [1.82, 2.24) is 15.3 Å². The minimum absolute atomic E-state index is 0.118. The van der Waals surface area contributed by atoms with Gasteiger partial charge in [0, 0.05) is 13.0 Å². The van der Waals surface area contributed by atoms with E-state index in [0.29, 0.717) is 6.42 Å². The summed E-state index contributed by atoms with van der Waals surface area (Å²) in [6, 6.07) is 17.5. The number of H-pyrrole nitrogens is 1. The van der Waals surface area contributed by atoms with Crippen molar-refractivity contribution in [1.29, 1.82) is 0 Å². The zero-order valence-corrected chi connectivity index (χ0v) is 13.9. The number of hydrogen-bond donors (Lipinski definition) is 3. The normalized spacial score (nSPS) is 12.2. The third kappa shape index (κ3) is 4.59. The summed E-state index contributed by atoms with van der Waals surface area (Å²) >= 11 is 1.35. The molecule has 124 valence electrons. The summed E-state index contributed by atoms with van der Waals surface area (Å²) in [7, 11) is 0. The highest BCUT2D eigenvalue weighted by Gasteiger charge is 2.10. The number of carbonyl (C=O) groups excluding carboxylic acids is 1. The van der Waals surface area contributed by atoms with Gasteiger partial charge in [-0.15, -0.1) is 0 Å². The standard InChI is InChI=1S/C18H19N3O2S/c22-14(10-13-6-2-1-3-7-13)11-19-17(23)12-24-18-20-15-8-4-5-9-16(15)21-18/h1-9,14,22H,10-12H2,(H,19,23)(H,20,21). The van der Waals surface area contributed by atoms with Crippen LogP contribution in [0, 0.1) is 0 Å². The Morgan fingerprint density at radius 2 is 1.92 bits per heavy atom. The molecule has 0 saturated heterocycles. The van der Waals surface area contributed by atoms with Gasteiger partial charge in [0.05, 0.1) is 22.9 Å². The summed E-state index contributed by atoms with van der Waals surface area (Å²) in [5.41, 5.74) is 2.90. The average Bonchev–Trinajstić information content (AvgIpc) is 3.02. The summed E-state index contributed by atoms with van der Waals surface area (Å²) in [6.45, 7) is 0.244. The smallest absolute Gasteiger partial charge is 0.230 e. The van der Waals surface area contributed by atoms with E-state index in [9.17, 15) is 9.90 Å². The Bertz CT molecular complexity index is 771. The number of imidazole rings is 1. The molecule has 1 aromatic heterocycles. The Kier molecular flexibility index (Phi) is 5.51. The van der Waals surface area contributed by atoms with Crippen LogP contribution in [0.4, 0.5) is 0 Å². The number of aromatic amines is 1. The molecule has 0 saturated carbocycles. The van der Waals surface area contributed by atoms with E-state index in [4.69, 9.17) is 0 Å². The van der Waals surface area contributed by atoms with E-state index in [1.165, 1.54) is 11.8 Å². The van der Waals surface area contributed by atoms with Crippen LogP contribution < -0.4 is 5.32 Å². The van der Waals surface area contributed by atoms with Crippen LogP contribution in [0.5, 0.6) is 0 Å². The number of amides is 1. The van der Waals surface area contributed by atoms with Crippen LogP contribution in [0.15, 0.2) is 59.8 Å². The number of nitrogens with one attached hydrogen (secondary N) is 2. The van der Waals surface area contributed by atoms with Crippen LogP contribution in [0.1, 0.15) is 5.56 Å². The van der Waals surface area contributed by atoms with E-state index in [1.54, 1.807) is 0 Å². The zero-order chi connectivity index (χ0) is 16.8. The molecule has 1 unspecified atom stereocenters. The Hall–Kier alpha value is -2.31. The molecule has 24 heavy (non-hydrogen) atoms. The molecule has 0 radical (unpaired) electrons. The molecule has 2 aromatic carbocycles. The molecule has 3 N–H and O–H groups in total. The van der Waals surface area contributed by atoms with Crippen molar-refractivity contribution in [3.8, 4) is 0 Å². The predicted octanol–water partition coefficient (Wildman–Crippen LogP) is 2.37. The van der Waals surface area contributed by atoms with Gasteiger partial charge in [0.15, 0.2) is 5.16 Å². The monoisotopic (exact) mass is 341 g/mol. The van der Waals surface area contributed by atoms with E-state index in [0.717, 1.165) is 21.8 Å². The quantitative estimate of drug-likeness (QED) is 0.577. The highest BCUT2D eigenvalue weighted by atomic mass is 32.2. The summed E-state index contributed by atoms with van der Waals surface area (Å²) < 4.78 is 0. The fraction of sp³-hybridized carbons (Fsp3) is 0.222. The molecule has 0 bridgehead atoms. The van der Waals surface area contributed by atoms with E-state index >= 15 is 0 Å². The molecule has 0 aliphatic carbocycles. The van der Waals surface area contributed by atoms with E-state index in [1.807, 2.05) is 54.6 Å². The Labute approximate surface area is 144 Å². The Morgan fingerprint density at radius 1 is 1.17 bits per heavy atom. The van der Waals surface area contributed by atoms with Gasteiger partial charge < -0.3 is 15.4 Å². The molecule has 1 amide bonds. The highest BCUT2D eigenvalue weighted by molar-refractivity contribution is 7.99. The lowest BCUT2D eigenvalue weighted by Gasteiger charge is -2.11. The predicted molar refractivity (Wildman–Crippen MR) is 96.0 cm³/mol. The van der Waals surface area contributed by atoms with Crippen molar-refractivity contribution >= 4 is 28.7 Å². The molecule has 5 nitrogen and oxygen atoms in total. The van der Waals surface area contributed by atoms with Gasteiger partial charge in [-0.25, -0.2) is 4.98 Å². The zero-order valence-electron chi connectivity index (χ0n) is 13.1. The van der Waals surface area contributed by atoms with Crippen molar-refractivity contribution < 1.29 is 9.90 Å². The number of aromatic nitrogens is 2. The van der Waals surface area contributed by atoms with Gasteiger partial charge in [-0.2, -0.15) is 0 Å². The molecule has 3 rings (SSSR count). The van der Waals surface area contributed by atoms with Crippen molar-refractivity contribution in [3.05, 3.63) is 60.2 Å². The van der Waals surface area contributed by atoms with Crippen LogP contribution in [0.3, 0.4) is 0 Å². The lowest BCUT2D eigenvalue weighted by molar-refractivity contribution is -0.119. The maximum absolute atomic E-state index is 11.9. The summed E-state index contributed by atoms with van der Waals surface area (Å²) in [5, 5.41) is 13.5. The number of nitrogens with zero attached hydrogens (tertiary/aromatic N) is 1. The first-order valence-electron chi connectivity index (χ1n) is 7.77. The third-order valence-electron chi connectivity index (χ3n) is 3.56. The Balaban J connectivity index is 1.42. The number of aliphatic hydroxyl groups excluding tert-OH is 1. The molecule has 3 aromatic rings. The fourth-order valence-corrected chi connectivity index (χ4v) is 3.09. The first kappa shape index (κ1) is 16.5. The fourth-order valence-electron chi connectivity index (χ4n) is 2.37. The summed E-state index contributed by atoms with van der Waals surface area (Å²) in [4.78, 5) is 19.5. The topological polar surface area (TPSA) is 78.0 Å². The lowest BCUT2D eigenvalue weighted by Crippen LogP contribution is -2.34. The highest BCUT2D eigenvalue weighted by Crippen LogP contribution is 2.18.